The number of sulfonamides is 1. The summed E-state index contributed by atoms with van der Waals surface area (Å²) in [6, 6.07) is 12.2. The summed E-state index contributed by atoms with van der Waals surface area (Å²) in [5.41, 5.74) is 0. The van der Waals surface area contributed by atoms with Crippen LogP contribution in [0.2, 0.25) is 0 Å². The zero-order valence-electron chi connectivity index (χ0n) is 14.0. The third-order valence-corrected chi connectivity index (χ3v) is 5.54. The fraction of sp³-hybridized carbons (Fsp3) is 0.389. The quantitative estimate of drug-likeness (QED) is 0.851. The van der Waals surface area contributed by atoms with E-state index in [4.69, 9.17) is 9.47 Å². The van der Waals surface area contributed by atoms with Crippen molar-refractivity contribution in [2.24, 2.45) is 0 Å². The van der Waals surface area contributed by atoms with Gasteiger partial charge in [0.05, 0.1) is 17.6 Å². The van der Waals surface area contributed by atoms with E-state index in [-0.39, 0.29) is 17.6 Å². The molecule has 0 aromatic heterocycles. The van der Waals surface area contributed by atoms with Crippen molar-refractivity contribution in [1.82, 2.24) is 4.72 Å². The molecule has 1 aliphatic rings. The normalized spacial score (nSPS) is 19.0. The van der Waals surface area contributed by atoms with E-state index in [1.807, 2.05) is 24.3 Å². The maximum atomic E-state index is 12.4. The molecule has 1 fully saturated rings. The summed E-state index contributed by atoms with van der Waals surface area (Å²) in [6.45, 7) is 2.51. The number of rotatable bonds is 6. The van der Waals surface area contributed by atoms with Gasteiger partial charge in [-0.3, -0.25) is 4.79 Å². The molecule has 0 saturated carbocycles. The van der Waals surface area contributed by atoms with E-state index >= 15 is 0 Å². The van der Waals surface area contributed by atoms with Gasteiger partial charge in [0, 0.05) is 6.61 Å². The summed E-state index contributed by atoms with van der Waals surface area (Å²) >= 11 is 0. The first-order valence-electron chi connectivity index (χ1n) is 8.24. The Morgan fingerprint density at radius 3 is 2.76 bits per heavy atom. The number of hydrogen-bond donors (Lipinski definition) is 1. The van der Waals surface area contributed by atoms with Gasteiger partial charge in [0.1, 0.15) is 6.10 Å². The molecule has 134 valence electrons. The maximum Gasteiger partial charge on any atom is 0.264 e. The zero-order chi connectivity index (χ0) is 17.9. The second-order valence-corrected chi connectivity index (χ2v) is 7.77. The number of carbonyl (C=O) groups is 1. The highest BCUT2D eigenvalue weighted by molar-refractivity contribution is 7.90. The Morgan fingerprint density at radius 2 is 2.04 bits per heavy atom. The minimum atomic E-state index is -3.94. The molecular weight excluding hydrogens is 342 g/mol. The maximum absolute atomic E-state index is 12.4. The van der Waals surface area contributed by atoms with Gasteiger partial charge in [0.25, 0.3) is 15.9 Å². The van der Waals surface area contributed by atoms with Crippen LogP contribution in [0.1, 0.15) is 19.8 Å². The lowest BCUT2D eigenvalue weighted by atomic mass is 10.1. The van der Waals surface area contributed by atoms with Crippen molar-refractivity contribution in [1.29, 1.82) is 0 Å². The van der Waals surface area contributed by atoms with E-state index in [0.717, 1.165) is 23.6 Å². The molecular formula is C18H21NO5S. The Kier molecular flexibility index (Phi) is 5.36. The molecule has 1 amide bonds. The van der Waals surface area contributed by atoms with Crippen molar-refractivity contribution in [2.45, 2.75) is 36.9 Å². The standard InChI is InChI=1S/C18H21NO5S/c1-13(24-12-16-7-4-10-23-16)18(20)19-25(21,22)17-9-8-14-5-2-3-6-15(14)11-17/h2-3,5-6,8-9,11,13,16H,4,7,10,12H2,1H3,(H,19,20)/t13-,16+/m0/s1. The van der Waals surface area contributed by atoms with Gasteiger partial charge in [-0.1, -0.05) is 30.3 Å². The van der Waals surface area contributed by atoms with Crippen molar-refractivity contribution >= 4 is 26.7 Å². The Hall–Kier alpha value is -1.96. The molecule has 1 N–H and O–H groups in total. The van der Waals surface area contributed by atoms with Crippen LogP contribution in [0.5, 0.6) is 0 Å². The Morgan fingerprint density at radius 1 is 1.28 bits per heavy atom. The van der Waals surface area contributed by atoms with Crippen LogP contribution in [0.25, 0.3) is 10.8 Å². The van der Waals surface area contributed by atoms with Gasteiger partial charge in [0.2, 0.25) is 0 Å². The molecule has 0 radical (unpaired) electrons. The van der Waals surface area contributed by atoms with Crippen molar-refractivity contribution in [3.63, 3.8) is 0 Å². The average molecular weight is 363 g/mol. The highest BCUT2D eigenvalue weighted by atomic mass is 32.2. The van der Waals surface area contributed by atoms with E-state index in [2.05, 4.69) is 4.72 Å². The third-order valence-electron chi connectivity index (χ3n) is 4.19. The Labute approximate surface area is 147 Å². The molecule has 1 saturated heterocycles. The SMILES string of the molecule is C[C@H](OC[C@H]1CCCO1)C(=O)NS(=O)(=O)c1ccc2ccccc2c1. The smallest absolute Gasteiger partial charge is 0.264 e. The van der Waals surface area contributed by atoms with Crippen molar-refractivity contribution < 1.29 is 22.7 Å². The number of hydrogen-bond acceptors (Lipinski definition) is 5. The van der Waals surface area contributed by atoms with Crippen LogP contribution >= 0.6 is 0 Å². The second kappa shape index (κ2) is 7.51. The molecule has 3 rings (SSSR count). The molecule has 1 heterocycles. The first-order valence-corrected chi connectivity index (χ1v) is 9.73. The lowest BCUT2D eigenvalue weighted by molar-refractivity contribution is -0.131. The molecule has 2 aromatic carbocycles. The number of fused-ring (bicyclic) bond motifs is 1. The number of carbonyl (C=O) groups excluding carboxylic acids is 1. The summed E-state index contributed by atoms with van der Waals surface area (Å²) < 4.78 is 37.8. The van der Waals surface area contributed by atoms with Crippen LogP contribution in [-0.2, 0) is 24.3 Å². The summed E-state index contributed by atoms with van der Waals surface area (Å²) in [4.78, 5) is 12.2. The van der Waals surface area contributed by atoms with Crippen molar-refractivity contribution in [3.8, 4) is 0 Å². The molecule has 0 bridgehead atoms. The summed E-state index contributed by atoms with van der Waals surface area (Å²) in [7, 11) is -3.94. The van der Waals surface area contributed by atoms with E-state index in [1.165, 1.54) is 13.0 Å². The van der Waals surface area contributed by atoms with E-state index in [1.54, 1.807) is 12.1 Å². The van der Waals surface area contributed by atoms with Crippen LogP contribution in [-0.4, -0.2) is 39.7 Å². The van der Waals surface area contributed by atoms with E-state index in [0.29, 0.717) is 6.61 Å². The molecule has 7 heteroatoms. The minimum absolute atomic E-state index is 0.0210. The fourth-order valence-corrected chi connectivity index (χ4v) is 3.79. The molecule has 0 spiro atoms. The fourth-order valence-electron chi connectivity index (χ4n) is 2.71. The van der Waals surface area contributed by atoms with Crippen LogP contribution in [0, 0.1) is 0 Å². The zero-order valence-corrected chi connectivity index (χ0v) is 14.8. The van der Waals surface area contributed by atoms with Crippen LogP contribution in [0.15, 0.2) is 47.4 Å². The predicted octanol–water partition coefficient (Wildman–Crippen LogP) is 2.23. The summed E-state index contributed by atoms with van der Waals surface area (Å²) in [5, 5.41) is 1.72. The molecule has 0 unspecified atom stereocenters. The van der Waals surface area contributed by atoms with E-state index < -0.39 is 22.0 Å². The number of benzene rings is 2. The van der Waals surface area contributed by atoms with Gasteiger partial charge in [-0.15, -0.1) is 0 Å². The topological polar surface area (TPSA) is 81.7 Å². The Bertz CT molecular complexity index is 859. The monoisotopic (exact) mass is 363 g/mol. The van der Waals surface area contributed by atoms with Gasteiger partial charge in [-0.2, -0.15) is 0 Å². The van der Waals surface area contributed by atoms with Crippen LogP contribution in [0.3, 0.4) is 0 Å². The molecule has 1 aliphatic heterocycles. The molecule has 25 heavy (non-hydrogen) atoms. The number of amides is 1. The highest BCUT2D eigenvalue weighted by Gasteiger charge is 2.24. The molecule has 6 nitrogen and oxygen atoms in total. The van der Waals surface area contributed by atoms with Gasteiger partial charge >= 0.3 is 0 Å². The van der Waals surface area contributed by atoms with Gasteiger partial charge in [-0.05, 0) is 42.7 Å². The summed E-state index contributed by atoms with van der Waals surface area (Å²) in [6.07, 6.45) is 0.973. The first-order chi connectivity index (χ1) is 12.0. The largest absolute Gasteiger partial charge is 0.376 e. The summed E-state index contributed by atoms with van der Waals surface area (Å²) in [5.74, 6) is -0.689. The van der Waals surface area contributed by atoms with Crippen molar-refractivity contribution in [3.05, 3.63) is 42.5 Å². The molecule has 0 aliphatic carbocycles. The minimum Gasteiger partial charge on any atom is -0.376 e. The highest BCUT2D eigenvalue weighted by Crippen LogP contribution is 2.19. The Balaban J connectivity index is 1.65. The second-order valence-electron chi connectivity index (χ2n) is 6.09. The predicted molar refractivity (Wildman–Crippen MR) is 93.7 cm³/mol. The average Bonchev–Trinajstić information content (AvgIpc) is 3.12. The lowest BCUT2D eigenvalue weighted by Gasteiger charge is -2.16. The third kappa shape index (κ3) is 4.36. The molecule has 2 atom stereocenters. The van der Waals surface area contributed by atoms with E-state index in [9.17, 15) is 13.2 Å². The first kappa shape index (κ1) is 17.8. The lowest BCUT2D eigenvalue weighted by Crippen LogP contribution is -2.39. The van der Waals surface area contributed by atoms with Crippen LogP contribution in [0.4, 0.5) is 0 Å². The van der Waals surface area contributed by atoms with Gasteiger partial charge < -0.3 is 9.47 Å². The van der Waals surface area contributed by atoms with Crippen molar-refractivity contribution in [2.75, 3.05) is 13.2 Å². The van der Waals surface area contributed by atoms with Gasteiger partial charge in [0.15, 0.2) is 0 Å². The molecule has 2 aromatic rings. The van der Waals surface area contributed by atoms with Crippen LogP contribution < -0.4 is 4.72 Å². The number of ether oxygens (including phenoxy) is 2. The number of nitrogens with one attached hydrogen (secondary N) is 1. The van der Waals surface area contributed by atoms with Gasteiger partial charge in [-0.25, -0.2) is 13.1 Å².